The third-order valence-electron chi connectivity index (χ3n) is 7.86. The summed E-state index contributed by atoms with van der Waals surface area (Å²) in [5, 5.41) is 10.9. The minimum absolute atomic E-state index is 0.0510. The minimum atomic E-state index is -0.878. The highest BCUT2D eigenvalue weighted by molar-refractivity contribution is 5.73. The van der Waals surface area contributed by atoms with Gasteiger partial charge < -0.3 is 33.5 Å². The number of likely N-dealkylation sites (tertiary alicyclic amines) is 1. The number of ether oxygens (including phenoxy) is 6. The molecule has 1 saturated heterocycles. The van der Waals surface area contributed by atoms with Gasteiger partial charge in [-0.2, -0.15) is 0 Å². The molecule has 9 nitrogen and oxygen atoms in total. The van der Waals surface area contributed by atoms with E-state index < -0.39 is 23.1 Å². The lowest BCUT2D eigenvalue weighted by Gasteiger charge is -2.62. The molecule has 9 heteroatoms. The van der Waals surface area contributed by atoms with Crippen molar-refractivity contribution in [3.63, 3.8) is 0 Å². The molecule has 4 aliphatic rings. The van der Waals surface area contributed by atoms with Gasteiger partial charge in [0, 0.05) is 19.1 Å². The molecule has 2 heterocycles. The van der Waals surface area contributed by atoms with Crippen LogP contribution < -0.4 is 9.47 Å². The second kappa shape index (κ2) is 9.03. The Labute approximate surface area is 199 Å². The molecular weight excluding hydrogens is 442 g/mol. The summed E-state index contributed by atoms with van der Waals surface area (Å²) >= 11 is 0. The largest absolute Gasteiger partial charge is 0.509 e. The van der Waals surface area contributed by atoms with Gasteiger partial charge in [0.15, 0.2) is 17.6 Å². The van der Waals surface area contributed by atoms with Crippen LogP contribution in [0.4, 0.5) is 0 Å². The lowest BCUT2D eigenvalue weighted by molar-refractivity contribution is -0.208. The lowest BCUT2D eigenvalue weighted by atomic mass is 9.50. The number of piperidine rings is 1. The second-order valence-corrected chi connectivity index (χ2v) is 9.41. The Bertz CT molecular complexity index is 980. The predicted octanol–water partition coefficient (Wildman–Crippen LogP) is 1.76. The van der Waals surface area contributed by atoms with Crippen LogP contribution in [0.2, 0.25) is 0 Å². The van der Waals surface area contributed by atoms with Crippen LogP contribution in [-0.2, 0) is 35.6 Å². The van der Waals surface area contributed by atoms with Gasteiger partial charge in [0.25, 0.3) is 0 Å². The van der Waals surface area contributed by atoms with Gasteiger partial charge in [-0.3, -0.25) is 4.90 Å². The molecule has 1 fully saturated rings. The summed E-state index contributed by atoms with van der Waals surface area (Å²) < 4.78 is 34.2. The molecule has 34 heavy (non-hydrogen) atoms. The first-order valence-electron chi connectivity index (χ1n) is 11.8. The second-order valence-electron chi connectivity index (χ2n) is 9.41. The Morgan fingerprint density at radius 3 is 2.79 bits per heavy atom. The van der Waals surface area contributed by atoms with Gasteiger partial charge in [0.05, 0.1) is 45.0 Å². The fraction of sp³-hybridized carbons (Fsp3) is 0.640. The first-order valence-corrected chi connectivity index (χ1v) is 11.8. The Balaban J connectivity index is 1.44. The van der Waals surface area contributed by atoms with Crippen molar-refractivity contribution in [2.24, 2.45) is 0 Å². The number of hydrogen-bond acceptors (Lipinski definition) is 9. The zero-order valence-electron chi connectivity index (χ0n) is 20.0. The van der Waals surface area contributed by atoms with E-state index in [2.05, 4.69) is 18.0 Å². The van der Waals surface area contributed by atoms with Crippen molar-refractivity contribution in [2.75, 3.05) is 60.8 Å². The predicted molar refractivity (Wildman–Crippen MR) is 121 cm³/mol. The maximum Gasteiger partial charge on any atom is 0.332 e. The van der Waals surface area contributed by atoms with Gasteiger partial charge in [-0.1, -0.05) is 6.07 Å². The van der Waals surface area contributed by atoms with Crippen molar-refractivity contribution in [3.05, 3.63) is 35.1 Å². The molecule has 2 aliphatic heterocycles. The fourth-order valence-corrected chi connectivity index (χ4v) is 6.43. The molecule has 0 radical (unpaired) electrons. The number of rotatable bonds is 10. The summed E-state index contributed by atoms with van der Waals surface area (Å²) in [4.78, 5) is 15.4. The molecule has 1 aromatic carbocycles. The molecule has 0 aromatic heterocycles. The molecule has 5 rings (SSSR count). The average Bonchev–Trinajstić information content (AvgIpc) is 3.19. The van der Waals surface area contributed by atoms with E-state index in [4.69, 9.17) is 28.4 Å². The summed E-state index contributed by atoms with van der Waals surface area (Å²) in [6.45, 7) is 2.30. The maximum absolute atomic E-state index is 13.1. The first kappa shape index (κ1) is 23.4. The number of aliphatic hydroxyl groups is 1. The molecular formula is C25H33NO8. The fourth-order valence-electron chi connectivity index (χ4n) is 6.43. The number of hydrogen-bond donors (Lipinski definition) is 1. The highest BCUT2D eigenvalue weighted by Gasteiger charge is 2.74. The molecule has 1 N–H and O–H groups in total. The lowest BCUT2D eigenvalue weighted by Crippen LogP contribution is -2.75. The number of esters is 1. The maximum atomic E-state index is 13.1. The van der Waals surface area contributed by atoms with Crippen molar-refractivity contribution in [3.8, 4) is 11.5 Å². The Morgan fingerprint density at radius 1 is 1.21 bits per heavy atom. The van der Waals surface area contributed by atoms with Gasteiger partial charge in [-0.05, 0) is 44.1 Å². The van der Waals surface area contributed by atoms with Crippen LogP contribution in [0, 0.1) is 0 Å². The summed E-state index contributed by atoms with van der Waals surface area (Å²) in [5.41, 5.74) is 0.609. The van der Waals surface area contributed by atoms with Gasteiger partial charge in [-0.25, -0.2) is 4.79 Å². The Kier molecular flexibility index (Phi) is 6.22. The van der Waals surface area contributed by atoms with Crippen molar-refractivity contribution < 1.29 is 38.3 Å². The SMILES string of the molecule is COCCOCCOCC(=O)OC12CC=C(O)C3Oc4c(OC)ccc5c4[C@@]31CCN(C)[C@@H]2C5. The molecule has 1 spiro atoms. The van der Waals surface area contributed by atoms with E-state index in [9.17, 15) is 9.90 Å². The van der Waals surface area contributed by atoms with E-state index in [0.29, 0.717) is 44.2 Å². The van der Waals surface area contributed by atoms with E-state index in [1.54, 1.807) is 20.3 Å². The number of carbonyl (C=O) groups excluding carboxylic acids is 1. The molecule has 2 bridgehead atoms. The van der Waals surface area contributed by atoms with Crippen LogP contribution in [0.15, 0.2) is 24.0 Å². The number of benzene rings is 1. The van der Waals surface area contributed by atoms with Crippen LogP contribution >= 0.6 is 0 Å². The zero-order chi connectivity index (χ0) is 23.9. The van der Waals surface area contributed by atoms with Crippen LogP contribution in [0.3, 0.4) is 0 Å². The molecule has 0 amide bonds. The third-order valence-corrected chi connectivity index (χ3v) is 7.86. The molecule has 1 aromatic rings. The highest BCUT2D eigenvalue weighted by Crippen LogP contribution is 2.66. The molecule has 186 valence electrons. The molecule has 0 saturated carbocycles. The van der Waals surface area contributed by atoms with Crippen molar-refractivity contribution in [1.82, 2.24) is 4.90 Å². The van der Waals surface area contributed by atoms with Gasteiger partial charge >= 0.3 is 5.97 Å². The Morgan fingerprint density at radius 2 is 2.00 bits per heavy atom. The average molecular weight is 476 g/mol. The van der Waals surface area contributed by atoms with Gasteiger partial charge in [0.2, 0.25) is 0 Å². The number of aliphatic hydroxyl groups excluding tert-OH is 1. The van der Waals surface area contributed by atoms with Crippen LogP contribution in [0.1, 0.15) is 24.0 Å². The summed E-state index contributed by atoms with van der Waals surface area (Å²) in [6.07, 6.45) is 2.95. The van der Waals surface area contributed by atoms with Gasteiger partial charge in [0.1, 0.15) is 18.0 Å². The standard InChI is InChI=1S/C25H33NO8/c1-26-9-8-24-21-16-4-5-18(30-3)22(21)33-23(24)17(27)6-7-25(24,19(26)14-16)34-20(28)15-32-13-12-31-11-10-29-2/h4-6,19,23,27H,7-15H2,1-3H3/t19-,23?,24+,25?/m1/s1. The molecule has 4 atom stereocenters. The first-order chi connectivity index (χ1) is 16.5. The van der Waals surface area contributed by atoms with E-state index in [0.717, 1.165) is 24.1 Å². The normalized spacial score (nSPS) is 30.9. The quantitative estimate of drug-likeness (QED) is 0.401. The Hall–Kier alpha value is -2.33. The van der Waals surface area contributed by atoms with Crippen LogP contribution in [0.25, 0.3) is 0 Å². The highest BCUT2D eigenvalue weighted by atomic mass is 16.6. The van der Waals surface area contributed by atoms with E-state index >= 15 is 0 Å². The van der Waals surface area contributed by atoms with E-state index in [1.165, 1.54) is 0 Å². The molecule has 2 unspecified atom stereocenters. The van der Waals surface area contributed by atoms with Gasteiger partial charge in [-0.15, -0.1) is 0 Å². The molecule has 2 aliphatic carbocycles. The zero-order valence-corrected chi connectivity index (χ0v) is 20.0. The number of likely N-dealkylation sites (N-methyl/N-ethyl adjacent to an activating group) is 1. The van der Waals surface area contributed by atoms with Crippen molar-refractivity contribution in [1.29, 1.82) is 0 Å². The summed E-state index contributed by atoms with van der Waals surface area (Å²) in [5.74, 6) is 1.04. The van der Waals surface area contributed by atoms with E-state index in [1.807, 2.05) is 6.07 Å². The third kappa shape index (κ3) is 3.32. The number of carbonyl (C=O) groups is 1. The number of nitrogens with zero attached hydrogens (tertiary/aromatic N) is 1. The monoisotopic (exact) mass is 475 g/mol. The minimum Gasteiger partial charge on any atom is -0.509 e. The van der Waals surface area contributed by atoms with Crippen molar-refractivity contribution in [2.45, 2.75) is 42.4 Å². The van der Waals surface area contributed by atoms with Crippen LogP contribution in [0.5, 0.6) is 11.5 Å². The van der Waals surface area contributed by atoms with E-state index in [-0.39, 0.29) is 25.0 Å². The van der Waals surface area contributed by atoms with Crippen molar-refractivity contribution >= 4 is 5.97 Å². The topological polar surface area (TPSA) is 95.9 Å². The van der Waals surface area contributed by atoms with Crippen LogP contribution in [-0.4, -0.2) is 94.6 Å². The summed E-state index contributed by atoms with van der Waals surface area (Å²) in [7, 11) is 5.30. The summed E-state index contributed by atoms with van der Waals surface area (Å²) in [6, 6.07) is 3.94. The number of methoxy groups -OCH3 is 2. The smallest absolute Gasteiger partial charge is 0.332 e.